The fourth-order valence-electron chi connectivity index (χ4n) is 4.67. The van der Waals surface area contributed by atoms with Gasteiger partial charge in [0.25, 0.3) is 0 Å². The van der Waals surface area contributed by atoms with Crippen molar-refractivity contribution < 1.29 is 5.11 Å². The average molecular weight is 369 g/mol. The molecule has 2 saturated heterocycles. The maximum absolute atomic E-state index is 9.93. The predicted octanol–water partition coefficient (Wildman–Crippen LogP) is 1.91. The van der Waals surface area contributed by atoms with E-state index in [0.717, 1.165) is 44.8 Å². The molecule has 0 unspecified atom stereocenters. The second-order valence-corrected chi connectivity index (χ2v) is 8.38. The van der Waals surface area contributed by atoms with Crippen LogP contribution >= 0.6 is 0 Å². The molecule has 2 aliphatic heterocycles. The molecular formula is C22H32N4O. The molecule has 2 fully saturated rings. The predicted molar refractivity (Wildman–Crippen MR) is 110 cm³/mol. The minimum Gasteiger partial charge on any atom is -0.396 e. The number of likely N-dealkylation sites (tertiary alicyclic amines) is 1. The number of hydrogen-bond donors (Lipinski definition) is 1. The molecule has 0 saturated carbocycles. The van der Waals surface area contributed by atoms with Gasteiger partial charge in [-0.05, 0) is 62.2 Å². The highest BCUT2D eigenvalue weighted by Crippen LogP contribution is 2.26. The molecule has 5 heteroatoms. The van der Waals surface area contributed by atoms with Gasteiger partial charge < -0.3 is 14.9 Å². The summed E-state index contributed by atoms with van der Waals surface area (Å²) < 4.78 is 0. The lowest BCUT2D eigenvalue weighted by Gasteiger charge is -2.26. The summed E-state index contributed by atoms with van der Waals surface area (Å²) in [6, 6.07) is 10.7. The molecule has 5 nitrogen and oxygen atoms in total. The minimum atomic E-state index is 0.302. The van der Waals surface area contributed by atoms with Gasteiger partial charge in [0, 0.05) is 57.5 Å². The van der Waals surface area contributed by atoms with Gasteiger partial charge in [0.15, 0.2) is 0 Å². The molecule has 146 valence electrons. The molecule has 0 radical (unpaired) electrons. The van der Waals surface area contributed by atoms with Crippen molar-refractivity contribution >= 4 is 10.9 Å². The van der Waals surface area contributed by atoms with E-state index in [0.29, 0.717) is 18.4 Å². The number of hydrogen-bond acceptors (Lipinski definition) is 5. The van der Waals surface area contributed by atoms with Crippen molar-refractivity contribution in [3.05, 3.63) is 42.1 Å². The van der Waals surface area contributed by atoms with Crippen LogP contribution in [0, 0.1) is 11.8 Å². The molecule has 3 heterocycles. The molecule has 0 spiro atoms. The van der Waals surface area contributed by atoms with Crippen LogP contribution in [-0.2, 0) is 6.54 Å². The molecule has 1 aromatic carbocycles. The van der Waals surface area contributed by atoms with Crippen molar-refractivity contribution in [3.63, 3.8) is 0 Å². The number of aliphatic hydroxyl groups excluding tert-OH is 1. The molecular weight excluding hydrogens is 336 g/mol. The first-order valence-corrected chi connectivity index (χ1v) is 10.3. The third-order valence-electron chi connectivity index (χ3n) is 6.27. The largest absolute Gasteiger partial charge is 0.396 e. The first kappa shape index (κ1) is 18.8. The summed E-state index contributed by atoms with van der Waals surface area (Å²) in [6.45, 7) is 9.18. The van der Waals surface area contributed by atoms with Crippen LogP contribution in [0.2, 0.25) is 0 Å². The molecule has 0 bridgehead atoms. The van der Waals surface area contributed by atoms with E-state index in [-0.39, 0.29) is 0 Å². The Labute approximate surface area is 162 Å². The van der Waals surface area contributed by atoms with Crippen LogP contribution in [0.3, 0.4) is 0 Å². The summed E-state index contributed by atoms with van der Waals surface area (Å²) in [7, 11) is 2.22. The molecule has 27 heavy (non-hydrogen) atoms. The molecule has 2 aliphatic rings. The summed E-state index contributed by atoms with van der Waals surface area (Å²) in [4.78, 5) is 12.0. The minimum absolute atomic E-state index is 0.302. The van der Waals surface area contributed by atoms with Crippen LogP contribution in [0.4, 0.5) is 0 Å². The number of aliphatic hydroxyl groups is 1. The van der Waals surface area contributed by atoms with Gasteiger partial charge in [0.05, 0.1) is 5.52 Å². The number of rotatable bonds is 5. The van der Waals surface area contributed by atoms with Gasteiger partial charge in [-0.2, -0.15) is 0 Å². The Kier molecular flexibility index (Phi) is 6.03. The van der Waals surface area contributed by atoms with E-state index in [4.69, 9.17) is 0 Å². The maximum Gasteiger partial charge on any atom is 0.0702 e. The monoisotopic (exact) mass is 368 g/mol. The molecule has 0 amide bonds. The van der Waals surface area contributed by atoms with Crippen LogP contribution in [0.5, 0.6) is 0 Å². The highest BCUT2D eigenvalue weighted by Gasteiger charge is 2.33. The van der Waals surface area contributed by atoms with Gasteiger partial charge in [0.2, 0.25) is 0 Å². The van der Waals surface area contributed by atoms with Gasteiger partial charge >= 0.3 is 0 Å². The normalized spacial score (nSPS) is 25.9. The first-order valence-electron chi connectivity index (χ1n) is 10.3. The number of benzene rings is 1. The van der Waals surface area contributed by atoms with Crippen LogP contribution in [0.15, 0.2) is 36.5 Å². The molecule has 2 atom stereocenters. The smallest absolute Gasteiger partial charge is 0.0702 e. The standard InChI is InChI=1S/C22H32N4O/c1-24-8-3-9-25(11-10-24)14-20-15-26(16-21(20)17-27)13-18-5-6-22-19(12-18)4-2-7-23-22/h2,4-7,12,20-21,27H,3,8-11,13-17H2,1H3/t20-,21-/m1/s1. The Hall–Kier alpha value is -1.53. The van der Waals surface area contributed by atoms with E-state index in [2.05, 4.69) is 51.0 Å². The van der Waals surface area contributed by atoms with Crippen molar-refractivity contribution in [1.82, 2.24) is 19.7 Å². The number of aromatic nitrogens is 1. The van der Waals surface area contributed by atoms with E-state index < -0.39 is 0 Å². The van der Waals surface area contributed by atoms with Crippen LogP contribution in [0.25, 0.3) is 10.9 Å². The van der Waals surface area contributed by atoms with Crippen LogP contribution < -0.4 is 0 Å². The Bertz CT molecular complexity index is 752. The van der Waals surface area contributed by atoms with Crippen LogP contribution in [0.1, 0.15) is 12.0 Å². The van der Waals surface area contributed by atoms with Gasteiger partial charge in [-0.1, -0.05) is 12.1 Å². The number of nitrogens with zero attached hydrogens (tertiary/aromatic N) is 4. The zero-order valence-corrected chi connectivity index (χ0v) is 16.4. The second kappa shape index (κ2) is 8.65. The summed E-state index contributed by atoms with van der Waals surface area (Å²) >= 11 is 0. The molecule has 2 aromatic rings. The van der Waals surface area contributed by atoms with Crippen molar-refractivity contribution in [1.29, 1.82) is 0 Å². The summed E-state index contributed by atoms with van der Waals surface area (Å²) in [5, 5.41) is 11.1. The Morgan fingerprint density at radius 3 is 2.81 bits per heavy atom. The first-order chi connectivity index (χ1) is 13.2. The summed E-state index contributed by atoms with van der Waals surface area (Å²) in [5.74, 6) is 0.966. The number of likely N-dealkylation sites (N-methyl/N-ethyl adjacent to an activating group) is 1. The van der Waals surface area contributed by atoms with E-state index in [9.17, 15) is 5.11 Å². The topological polar surface area (TPSA) is 42.8 Å². The third-order valence-corrected chi connectivity index (χ3v) is 6.27. The Morgan fingerprint density at radius 1 is 1.04 bits per heavy atom. The van der Waals surface area contributed by atoms with E-state index >= 15 is 0 Å². The van der Waals surface area contributed by atoms with Gasteiger partial charge in [0.1, 0.15) is 0 Å². The van der Waals surface area contributed by atoms with E-state index in [1.165, 1.54) is 30.5 Å². The lowest BCUT2D eigenvalue weighted by atomic mass is 9.96. The number of pyridine rings is 1. The molecule has 4 rings (SSSR count). The lowest BCUT2D eigenvalue weighted by molar-refractivity contribution is 0.165. The van der Waals surface area contributed by atoms with Gasteiger partial charge in [-0.25, -0.2) is 0 Å². The fourth-order valence-corrected chi connectivity index (χ4v) is 4.67. The Balaban J connectivity index is 1.38. The quantitative estimate of drug-likeness (QED) is 0.873. The van der Waals surface area contributed by atoms with Crippen molar-refractivity contribution in [3.8, 4) is 0 Å². The van der Waals surface area contributed by atoms with Crippen molar-refractivity contribution in [2.75, 3.05) is 59.5 Å². The van der Waals surface area contributed by atoms with Crippen molar-refractivity contribution in [2.45, 2.75) is 13.0 Å². The van der Waals surface area contributed by atoms with Crippen molar-refractivity contribution in [2.24, 2.45) is 11.8 Å². The highest BCUT2D eigenvalue weighted by atomic mass is 16.3. The summed E-state index contributed by atoms with van der Waals surface area (Å²) in [6.07, 6.45) is 3.10. The SMILES string of the molecule is CN1CCCN(C[C@@H]2CN(Cc3ccc4ncccc4c3)C[C@@H]2CO)CC1. The zero-order chi connectivity index (χ0) is 18.6. The highest BCUT2D eigenvalue weighted by molar-refractivity contribution is 5.78. The zero-order valence-electron chi connectivity index (χ0n) is 16.4. The van der Waals surface area contributed by atoms with E-state index in [1.54, 1.807) is 0 Å². The molecule has 0 aliphatic carbocycles. The van der Waals surface area contributed by atoms with E-state index in [1.807, 2.05) is 12.3 Å². The maximum atomic E-state index is 9.93. The van der Waals surface area contributed by atoms with Crippen LogP contribution in [-0.4, -0.2) is 84.3 Å². The summed E-state index contributed by atoms with van der Waals surface area (Å²) in [5.41, 5.74) is 2.39. The second-order valence-electron chi connectivity index (χ2n) is 8.38. The fraction of sp³-hybridized carbons (Fsp3) is 0.591. The van der Waals surface area contributed by atoms with Gasteiger partial charge in [-0.3, -0.25) is 9.88 Å². The average Bonchev–Trinajstić information content (AvgIpc) is 2.94. The molecule has 1 aromatic heterocycles. The van der Waals surface area contributed by atoms with Gasteiger partial charge in [-0.15, -0.1) is 0 Å². The molecule has 1 N–H and O–H groups in total. The third kappa shape index (κ3) is 4.66. The number of fused-ring (bicyclic) bond motifs is 1. The lowest BCUT2D eigenvalue weighted by Crippen LogP contribution is -2.36. The Morgan fingerprint density at radius 2 is 1.93 bits per heavy atom.